The van der Waals surface area contributed by atoms with E-state index in [2.05, 4.69) is 15.3 Å². The molecular weight excluding hydrogens is 539 g/mol. The highest BCUT2D eigenvalue weighted by atomic mass is 19.4. The summed E-state index contributed by atoms with van der Waals surface area (Å²) in [5.74, 6) is -6.13. The zero-order chi connectivity index (χ0) is 32.2. The fraction of sp³-hybridized carbons (Fsp3) is 0.462. The number of likely N-dealkylation sites (tertiary alicyclic amines) is 2. The van der Waals surface area contributed by atoms with E-state index in [4.69, 9.17) is 5.48 Å². The van der Waals surface area contributed by atoms with Gasteiger partial charge in [0.25, 0.3) is 0 Å². The van der Waals surface area contributed by atoms with Crippen LogP contribution in [0.2, 0.25) is 0 Å². The minimum atomic E-state index is -5.64. The monoisotopic (exact) mass is 570 g/mol. The topological polar surface area (TPSA) is 103 Å². The number of alkyl halides is 3. The van der Waals surface area contributed by atoms with Crippen molar-refractivity contribution in [2.24, 2.45) is 0 Å². The highest BCUT2D eigenvalue weighted by molar-refractivity contribution is 5.87. The molecule has 2 fully saturated rings. The number of piperidine rings is 1. The van der Waals surface area contributed by atoms with Crippen molar-refractivity contribution < 1.29 is 37.0 Å². The fourth-order valence-electron chi connectivity index (χ4n) is 5.15. The van der Waals surface area contributed by atoms with Gasteiger partial charge in [0.2, 0.25) is 5.91 Å². The molecule has 40 heavy (non-hydrogen) atoms. The van der Waals surface area contributed by atoms with Gasteiger partial charge >= 0.3 is 17.9 Å². The molecule has 4 heterocycles. The number of pyridine rings is 1. The Kier molecular flexibility index (Phi) is 6.21. The molecule has 3 amide bonds. The standard InChI is InChI=1S/C26H27F5N6O3/c27-18-4-1-3-17(21(18)28)15-6-7-19(23(38)36(13-15)14-26(29,30)31)33-24(39)35-11-8-16(9-12-35)37-20-5-2-10-32-22(20)34-25(37)40/h1-5,10,15-16,19H,6-9,11-14H2,(H,33,39)(H,32,34,40)/t15-,19-/m1/s1/i7D2,14D2. The van der Waals surface area contributed by atoms with Crippen molar-refractivity contribution in [3.63, 3.8) is 0 Å². The number of halogens is 5. The molecule has 2 aliphatic rings. The molecule has 14 heteroatoms. The van der Waals surface area contributed by atoms with Gasteiger partial charge in [0.15, 0.2) is 17.3 Å². The number of nitrogens with one attached hydrogen (secondary N) is 2. The Morgan fingerprint density at radius 1 is 1.15 bits per heavy atom. The van der Waals surface area contributed by atoms with E-state index in [1.165, 1.54) is 15.7 Å². The quantitative estimate of drug-likeness (QED) is 0.467. The molecule has 0 bridgehead atoms. The van der Waals surface area contributed by atoms with Crippen LogP contribution in [-0.2, 0) is 4.79 Å². The largest absolute Gasteiger partial charge is 0.406 e. The Morgan fingerprint density at radius 2 is 1.90 bits per heavy atom. The maximum atomic E-state index is 14.7. The summed E-state index contributed by atoms with van der Waals surface area (Å²) in [6.45, 7) is -5.42. The van der Waals surface area contributed by atoms with Gasteiger partial charge < -0.3 is 15.1 Å². The summed E-state index contributed by atoms with van der Waals surface area (Å²) in [5.41, 5.74) is -0.00367. The highest BCUT2D eigenvalue weighted by Gasteiger charge is 2.40. The number of carbonyl (C=O) groups excluding carboxylic acids is 2. The van der Waals surface area contributed by atoms with Crippen LogP contribution in [0.15, 0.2) is 41.3 Å². The summed E-state index contributed by atoms with van der Waals surface area (Å²) < 4.78 is 104. The lowest BCUT2D eigenvalue weighted by molar-refractivity contribution is -0.162. The van der Waals surface area contributed by atoms with Crippen molar-refractivity contribution in [3.05, 3.63) is 64.2 Å². The van der Waals surface area contributed by atoms with Crippen LogP contribution in [0.1, 0.15) is 48.6 Å². The number of nitrogens with zero attached hydrogens (tertiary/aromatic N) is 4. The van der Waals surface area contributed by atoms with Crippen molar-refractivity contribution in [3.8, 4) is 0 Å². The van der Waals surface area contributed by atoms with Gasteiger partial charge in [-0.25, -0.2) is 23.4 Å². The van der Waals surface area contributed by atoms with Crippen molar-refractivity contribution in [2.75, 3.05) is 26.1 Å². The number of amides is 3. The molecule has 214 valence electrons. The van der Waals surface area contributed by atoms with Gasteiger partial charge in [0, 0.05) is 40.5 Å². The van der Waals surface area contributed by atoms with Crippen molar-refractivity contribution in [1.82, 2.24) is 29.7 Å². The Labute approximate surface area is 230 Å². The maximum Gasteiger partial charge on any atom is 0.406 e. The number of urea groups is 1. The van der Waals surface area contributed by atoms with Gasteiger partial charge in [-0.05, 0) is 49.4 Å². The minimum absolute atomic E-state index is 0.0318. The first kappa shape index (κ1) is 22.8. The fourth-order valence-corrected chi connectivity index (χ4v) is 5.15. The minimum Gasteiger partial charge on any atom is -0.331 e. The summed E-state index contributed by atoms with van der Waals surface area (Å²) in [5, 5.41) is 2.15. The van der Waals surface area contributed by atoms with E-state index < -0.39 is 78.8 Å². The highest BCUT2D eigenvalue weighted by Crippen LogP contribution is 2.32. The van der Waals surface area contributed by atoms with E-state index in [1.54, 1.807) is 12.1 Å². The number of carbonyl (C=O) groups is 2. The first-order valence-electron chi connectivity index (χ1n) is 14.5. The molecule has 2 aliphatic heterocycles. The molecule has 0 aliphatic carbocycles. The van der Waals surface area contributed by atoms with Crippen LogP contribution in [0.25, 0.3) is 11.2 Å². The van der Waals surface area contributed by atoms with Gasteiger partial charge in [-0.3, -0.25) is 14.3 Å². The van der Waals surface area contributed by atoms with Crippen LogP contribution in [0, 0.1) is 11.6 Å². The van der Waals surface area contributed by atoms with Gasteiger partial charge in [-0.2, -0.15) is 13.2 Å². The Morgan fingerprint density at radius 3 is 2.62 bits per heavy atom. The molecular formula is C26H27F5N6O3. The van der Waals surface area contributed by atoms with Crippen LogP contribution < -0.4 is 11.0 Å². The Bertz CT molecular complexity index is 1640. The number of H-pyrrole nitrogens is 1. The summed E-state index contributed by atoms with van der Waals surface area (Å²) in [6, 6.07) is 2.55. The summed E-state index contributed by atoms with van der Waals surface area (Å²) >= 11 is 0. The van der Waals surface area contributed by atoms with E-state index in [-0.39, 0.29) is 36.9 Å². The average molecular weight is 571 g/mol. The summed E-state index contributed by atoms with van der Waals surface area (Å²) in [4.78, 5) is 46.9. The third-order valence-corrected chi connectivity index (χ3v) is 7.04. The summed E-state index contributed by atoms with van der Waals surface area (Å²) in [6.07, 6.45) is -7.24. The second-order valence-electron chi connectivity index (χ2n) is 9.58. The number of fused-ring (bicyclic) bond motifs is 1. The Balaban J connectivity index is 1.39. The smallest absolute Gasteiger partial charge is 0.331 e. The average Bonchev–Trinajstić information content (AvgIpc) is 3.25. The van der Waals surface area contributed by atoms with Crippen LogP contribution >= 0.6 is 0 Å². The second-order valence-corrected chi connectivity index (χ2v) is 9.58. The zero-order valence-electron chi connectivity index (χ0n) is 24.8. The first-order valence-corrected chi connectivity index (χ1v) is 12.5. The Hall–Kier alpha value is -3.97. The third kappa shape index (κ3) is 5.65. The SMILES string of the molecule is [2H]C1([2H])C[C@@H](c2cccc(F)c2F)CN(C([2H])([2H])C(F)(F)F)C(=O)[C@@H]1NC(=O)N1CCC(n2c(=O)[nH]c3ncccc32)CC1. The molecule has 0 saturated carbocycles. The molecule has 9 nitrogen and oxygen atoms in total. The lowest BCUT2D eigenvalue weighted by atomic mass is 9.93. The van der Waals surface area contributed by atoms with Gasteiger partial charge in [-0.1, -0.05) is 12.1 Å². The van der Waals surface area contributed by atoms with Crippen LogP contribution in [0.3, 0.4) is 0 Å². The molecule has 0 radical (unpaired) electrons. The van der Waals surface area contributed by atoms with Crippen LogP contribution in [-0.4, -0.2) is 74.6 Å². The number of benzene rings is 1. The number of aromatic amines is 1. The molecule has 2 N–H and O–H groups in total. The van der Waals surface area contributed by atoms with E-state index in [9.17, 15) is 36.3 Å². The van der Waals surface area contributed by atoms with E-state index >= 15 is 0 Å². The lowest BCUT2D eigenvalue weighted by Crippen LogP contribution is -2.54. The molecule has 1 aromatic carbocycles. The van der Waals surface area contributed by atoms with Crippen LogP contribution in [0.5, 0.6) is 0 Å². The predicted octanol–water partition coefficient (Wildman–Crippen LogP) is 3.69. The number of aromatic nitrogens is 3. The zero-order valence-corrected chi connectivity index (χ0v) is 20.8. The molecule has 2 aromatic heterocycles. The normalized spacial score (nSPS) is 24.2. The van der Waals surface area contributed by atoms with Crippen LogP contribution in [0.4, 0.5) is 26.7 Å². The van der Waals surface area contributed by atoms with E-state index in [1.807, 2.05) is 0 Å². The maximum absolute atomic E-state index is 14.7. The van der Waals surface area contributed by atoms with E-state index in [0.717, 1.165) is 18.2 Å². The third-order valence-electron chi connectivity index (χ3n) is 7.04. The van der Waals surface area contributed by atoms with Gasteiger partial charge in [0.1, 0.15) is 12.5 Å². The molecule has 2 saturated heterocycles. The van der Waals surface area contributed by atoms with E-state index in [0.29, 0.717) is 11.2 Å². The molecule has 0 spiro atoms. The number of hydrogen-bond acceptors (Lipinski definition) is 4. The second kappa shape index (κ2) is 10.9. The number of imidazole rings is 1. The number of hydrogen-bond donors (Lipinski definition) is 2. The van der Waals surface area contributed by atoms with Gasteiger partial charge in [-0.15, -0.1) is 0 Å². The molecule has 2 atom stereocenters. The molecule has 5 rings (SSSR count). The molecule has 0 unspecified atom stereocenters. The van der Waals surface area contributed by atoms with Crippen molar-refractivity contribution in [1.29, 1.82) is 0 Å². The first-order chi connectivity index (χ1) is 20.5. The van der Waals surface area contributed by atoms with Crippen molar-refractivity contribution in [2.45, 2.75) is 49.8 Å². The lowest BCUT2D eigenvalue weighted by Gasteiger charge is -2.34. The van der Waals surface area contributed by atoms with Crippen molar-refractivity contribution >= 4 is 23.1 Å². The molecule has 3 aromatic rings. The van der Waals surface area contributed by atoms with Gasteiger partial charge in [0.05, 0.1) is 8.26 Å². The summed E-state index contributed by atoms with van der Waals surface area (Å²) in [7, 11) is 0. The predicted molar refractivity (Wildman–Crippen MR) is 133 cm³/mol. The number of rotatable bonds is 4.